The molecule has 7 heteroatoms. The molecular weight excluding hydrogens is 380 g/mol. The Balaban J connectivity index is 1.90. The predicted molar refractivity (Wildman–Crippen MR) is 112 cm³/mol. The van der Waals surface area contributed by atoms with Gasteiger partial charge in [0, 0.05) is 24.5 Å². The highest BCUT2D eigenvalue weighted by atomic mass is 32.2. The van der Waals surface area contributed by atoms with Crippen LogP contribution in [0, 0.1) is 6.92 Å². The lowest BCUT2D eigenvalue weighted by Crippen LogP contribution is -2.33. The van der Waals surface area contributed by atoms with Crippen molar-refractivity contribution in [2.45, 2.75) is 37.5 Å². The summed E-state index contributed by atoms with van der Waals surface area (Å²) < 4.78 is 26.2. The second kappa shape index (κ2) is 9.39. The molecule has 0 aliphatic heterocycles. The van der Waals surface area contributed by atoms with Gasteiger partial charge in [0.15, 0.2) is 0 Å². The average Bonchev–Trinajstić information content (AvgIpc) is 2.63. The van der Waals surface area contributed by atoms with Crippen molar-refractivity contribution < 1.29 is 13.2 Å². The lowest BCUT2D eigenvalue weighted by Gasteiger charge is -2.21. The lowest BCUT2D eigenvalue weighted by molar-refractivity contribution is -0.113. The van der Waals surface area contributed by atoms with Crippen LogP contribution < -0.4 is 5.32 Å². The Bertz CT molecular complexity index is 878. The third kappa shape index (κ3) is 5.82. The van der Waals surface area contributed by atoms with E-state index in [9.17, 15) is 13.2 Å². The van der Waals surface area contributed by atoms with Gasteiger partial charge in [-0.3, -0.25) is 4.79 Å². The molecule has 2 aromatic carbocycles. The Labute approximate surface area is 166 Å². The number of rotatable bonds is 8. The molecule has 0 saturated heterocycles. The molecule has 5 nitrogen and oxygen atoms in total. The van der Waals surface area contributed by atoms with Gasteiger partial charge in [-0.2, -0.15) is 4.31 Å². The molecule has 0 heterocycles. The molecular formula is C20H26N2O3S2. The summed E-state index contributed by atoms with van der Waals surface area (Å²) in [4.78, 5) is 12.3. The number of benzene rings is 2. The second-order valence-corrected chi connectivity index (χ2v) is 9.59. The summed E-state index contributed by atoms with van der Waals surface area (Å²) >= 11 is 1.55. The van der Waals surface area contributed by atoms with Gasteiger partial charge in [0.1, 0.15) is 0 Å². The van der Waals surface area contributed by atoms with Crippen molar-refractivity contribution in [1.29, 1.82) is 0 Å². The van der Waals surface area contributed by atoms with Crippen molar-refractivity contribution in [3.8, 4) is 0 Å². The number of hydrogen-bond donors (Lipinski definition) is 1. The number of nitrogens with one attached hydrogen (secondary N) is 1. The van der Waals surface area contributed by atoms with Gasteiger partial charge in [0.05, 0.1) is 10.6 Å². The van der Waals surface area contributed by atoms with Crippen molar-refractivity contribution in [2.24, 2.45) is 0 Å². The van der Waals surface area contributed by atoms with Gasteiger partial charge < -0.3 is 5.32 Å². The van der Waals surface area contributed by atoms with Gasteiger partial charge in [-0.15, -0.1) is 11.8 Å². The van der Waals surface area contributed by atoms with E-state index in [0.717, 1.165) is 5.75 Å². The molecule has 0 bridgehead atoms. The molecule has 0 atom stereocenters. The zero-order chi connectivity index (χ0) is 20.0. The molecule has 0 radical (unpaired) electrons. The molecule has 1 N–H and O–H groups in total. The van der Waals surface area contributed by atoms with Crippen molar-refractivity contribution in [3.05, 3.63) is 59.7 Å². The van der Waals surface area contributed by atoms with Crippen LogP contribution in [0.1, 0.15) is 25.0 Å². The summed E-state index contributed by atoms with van der Waals surface area (Å²) in [6.07, 6.45) is 0. The summed E-state index contributed by atoms with van der Waals surface area (Å²) in [6, 6.07) is 14.3. The molecule has 0 unspecified atom stereocenters. The highest BCUT2D eigenvalue weighted by Gasteiger charge is 2.22. The number of thioether (sulfide) groups is 1. The summed E-state index contributed by atoms with van der Waals surface area (Å²) in [5.41, 5.74) is 3.02. The standard InChI is InChI=1S/C20H26N2O3S2/c1-15(2)22(4)27(24,25)19-11-9-18(10-12-19)21-20(23)14-26-13-17-8-6-5-7-16(17)3/h5-12,15H,13-14H2,1-4H3,(H,21,23). The minimum absolute atomic E-state index is 0.108. The van der Waals surface area contributed by atoms with Gasteiger partial charge in [0.25, 0.3) is 0 Å². The quantitative estimate of drug-likeness (QED) is 0.722. The summed E-state index contributed by atoms with van der Waals surface area (Å²) in [7, 11) is -1.96. The van der Waals surface area contributed by atoms with E-state index in [-0.39, 0.29) is 16.8 Å². The number of aryl methyl sites for hydroxylation is 1. The fraction of sp³-hybridized carbons (Fsp3) is 0.350. The van der Waals surface area contributed by atoms with E-state index in [1.165, 1.54) is 27.6 Å². The Morgan fingerprint density at radius 1 is 1.11 bits per heavy atom. The number of carbonyl (C=O) groups excluding carboxylic acids is 1. The van der Waals surface area contributed by atoms with Crippen molar-refractivity contribution >= 4 is 33.4 Å². The summed E-state index contributed by atoms with van der Waals surface area (Å²) in [6.45, 7) is 5.70. The average molecular weight is 407 g/mol. The van der Waals surface area contributed by atoms with Crippen LogP contribution in [0.3, 0.4) is 0 Å². The first-order valence-electron chi connectivity index (χ1n) is 8.72. The maximum absolute atomic E-state index is 12.4. The van der Waals surface area contributed by atoms with Crippen LogP contribution in [0.4, 0.5) is 5.69 Å². The molecule has 0 saturated carbocycles. The zero-order valence-electron chi connectivity index (χ0n) is 16.1. The molecule has 0 aromatic heterocycles. The maximum atomic E-state index is 12.4. The monoisotopic (exact) mass is 406 g/mol. The number of hydrogen-bond acceptors (Lipinski definition) is 4. The first-order valence-corrected chi connectivity index (χ1v) is 11.3. The van der Waals surface area contributed by atoms with Crippen molar-refractivity contribution in [1.82, 2.24) is 4.31 Å². The largest absolute Gasteiger partial charge is 0.325 e. The third-order valence-corrected chi connectivity index (χ3v) is 7.32. The highest BCUT2D eigenvalue weighted by Crippen LogP contribution is 2.20. The van der Waals surface area contributed by atoms with E-state index in [0.29, 0.717) is 11.4 Å². The van der Waals surface area contributed by atoms with Gasteiger partial charge >= 0.3 is 0 Å². The van der Waals surface area contributed by atoms with E-state index in [1.54, 1.807) is 30.9 Å². The Hall–Kier alpha value is -1.83. The van der Waals surface area contributed by atoms with Crippen LogP contribution in [0.2, 0.25) is 0 Å². The summed E-state index contributed by atoms with van der Waals surface area (Å²) in [5.74, 6) is 1.01. The number of nitrogens with zero attached hydrogens (tertiary/aromatic N) is 1. The zero-order valence-corrected chi connectivity index (χ0v) is 17.7. The minimum Gasteiger partial charge on any atom is -0.325 e. The fourth-order valence-corrected chi connectivity index (χ4v) is 4.65. The van der Waals surface area contributed by atoms with E-state index in [4.69, 9.17) is 0 Å². The third-order valence-electron chi connectivity index (χ3n) is 4.29. The molecule has 27 heavy (non-hydrogen) atoms. The van der Waals surface area contributed by atoms with Gasteiger partial charge in [-0.05, 0) is 56.2 Å². The van der Waals surface area contributed by atoms with E-state index >= 15 is 0 Å². The first kappa shape index (κ1) is 21.5. The maximum Gasteiger partial charge on any atom is 0.243 e. The SMILES string of the molecule is Cc1ccccc1CSCC(=O)Nc1ccc(S(=O)(=O)N(C)C(C)C)cc1. The molecule has 0 aliphatic rings. The molecule has 0 aliphatic carbocycles. The number of amides is 1. The number of anilines is 1. The van der Waals surface area contributed by atoms with Crippen LogP contribution in [-0.4, -0.2) is 37.5 Å². The Morgan fingerprint density at radius 2 is 1.74 bits per heavy atom. The van der Waals surface area contributed by atoms with Gasteiger partial charge in [-0.25, -0.2) is 8.42 Å². The fourth-order valence-electron chi connectivity index (χ4n) is 2.38. The molecule has 0 spiro atoms. The highest BCUT2D eigenvalue weighted by molar-refractivity contribution is 7.99. The molecule has 146 valence electrons. The summed E-state index contributed by atoms with van der Waals surface area (Å²) in [5, 5.41) is 2.81. The van der Waals surface area contributed by atoms with Crippen LogP contribution in [0.5, 0.6) is 0 Å². The lowest BCUT2D eigenvalue weighted by atomic mass is 10.1. The first-order chi connectivity index (χ1) is 12.7. The topological polar surface area (TPSA) is 66.5 Å². The molecule has 1 amide bonds. The van der Waals surface area contributed by atoms with Gasteiger partial charge in [0.2, 0.25) is 15.9 Å². The minimum atomic E-state index is -3.52. The smallest absolute Gasteiger partial charge is 0.243 e. The van der Waals surface area contributed by atoms with Crippen molar-refractivity contribution in [3.63, 3.8) is 0 Å². The van der Waals surface area contributed by atoms with E-state index in [2.05, 4.69) is 24.4 Å². The Kier molecular flexibility index (Phi) is 7.47. The van der Waals surface area contributed by atoms with Crippen LogP contribution in [0.15, 0.2) is 53.4 Å². The number of carbonyl (C=O) groups is 1. The Morgan fingerprint density at radius 3 is 2.33 bits per heavy atom. The second-order valence-electron chi connectivity index (χ2n) is 6.61. The molecule has 2 aromatic rings. The van der Waals surface area contributed by atoms with Crippen LogP contribution in [0.25, 0.3) is 0 Å². The van der Waals surface area contributed by atoms with Gasteiger partial charge in [-0.1, -0.05) is 24.3 Å². The predicted octanol–water partition coefficient (Wildman–Crippen LogP) is 3.90. The number of sulfonamides is 1. The van der Waals surface area contributed by atoms with Crippen molar-refractivity contribution in [2.75, 3.05) is 18.1 Å². The van der Waals surface area contributed by atoms with E-state index in [1.807, 2.05) is 26.0 Å². The van der Waals surface area contributed by atoms with Crippen LogP contribution >= 0.6 is 11.8 Å². The molecule has 2 rings (SSSR count). The van der Waals surface area contributed by atoms with E-state index < -0.39 is 10.0 Å². The molecule has 0 fully saturated rings. The van der Waals surface area contributed by atoms with Crippen LogP contribution in [-0.2, 0) is 20.6 Å². The normalized spacial score (nSPS) is 11.8.